The summed E-state index contributed by atoms with van der Waals surface area (Å²) in [4.78, 5) is 25.8. The zero-order valence-corrected chi connectivity index (χ0v) is 12.2. The summed E-state index contributed by atoms with van der Waals surface area (Å²) in [7, 11) is 0. The lowest BCUT2D eigenvalue weighted by Crippen LogP contribution is -2.43. The van der Waals surface area contributed by atoms with Crippen LogP contribution in [0.5, 0.6) is 0 Å². The minimum Gasteiger partial charge on any atom is -0.458 e. The summed E-state index contributed by atoms with van der Waals surface area (Å²) < 4.78 is 5.37. The lowest BCUT2D eigenvalue weighted by Gasteiger charge is -2.27. The molecule has 1 fully saturated rings. The highest BCUT2D eigenvalue weighted by atomic mass is 16.6. The van der Waals surface area contributed by atoms with Gasteiger partial charge in [0.25, 0.3) is 0 Å². The van der Waals surface area contributed by atoms with Crippen LogP contribution in [0, 0.1) is 5.92 Å². The summed E-state index contributed by atoms with van der Waals surface area (Å²) in [5.74, 6) is 0.118. The smallest absolute Gasteiger partial charge is 0.329 e. The van der Waals surface area contributed by atoms with Gasteiger partial charge < -0.3 is 9.64 Å². The minimum absolute atomic E-state index is 0.0679. The summed E-state index contributed by atoms with van der Waals surface area (Å²) >= 11 is 0. The van der Waals surface area contributed by atoms with Crippen LogP contribution in [0.3, 0.4) is 0 Å². The number of esters is 1. The van der Waals surface area contributed by atoms with Crippen LogP contribution in [-0.4, -0.2) is 35.0 Å². The number of hydrogen-bond acceptors (Lipinski definition) is 3. The molecule has 0 N–H and O–H groups in total. The van der Waals surface area contributed by atoms with Gasteiger partial charge in [0.15, 0.2) is 0 Å². The first-order chi connectivity index (χ1) is 8.20. The average molecular weight is 255 g/mol. The van der Waals surface area contributed by atoms with E-state index in [-0.39, 0.29) is 17.9 Å². The first-order valence-electron chi connectivity index (χ1n) is 6.73. The average Bonchev–Trinajstić information content (AvgIpc) is 2.61. The van der Waals surface area contributed by atoms with Gasteiger partial charge in [0.05, 0.1) is 0 Å². The Labute approximate surface area is 110 Å². The van der Waals surface area contributed by atoms with Gasteiger partial charge in [-0.05, 0) is 39.5 Å². The second-order valence-corrected chi connectivity index (χ2v) is 6.38. The fourth-order valence-corrected chi connectivity index (χ4v) is 2.15. The molecule has 0 spiro atoms. The largest absolute Gasteiger partial charge is 0.458 e. The van der Waals surface area contributed by atoms with Crippen LogP contribution < -0.4 is 0 Å². The number of rotatable bonds is 3. The third kappa shape index (κ3) is 4.31. The fourth-order valence-electron chi connectivity index (χ4n) is 2.15. The van der Waals surface area contributed by atoms with Crippen molar-refractivity contribution in [3.05, 3.63) is 0 Å². The molecular formula is C14H25NO3. The van der Waals surface area contributed by atoms with Crippen molar-refractivity contribution in [1.29, 1.82) is 0 Å². The van der Waals surface area contributed by atoms with Gasteiger partial charge in [-0.3, -0.25) is 4.79 Å². The maximum Gasteiger partial charge on any atom is 0.329 e. The van der Waals surface area contributed by atoms with Crippen LogP contribution in [-0.2, 0) is 14.3 Å². The Bertz CT molecular complexity index is 317. The third-order valence-corrected chi connectivity index (χ3v) is 2.83. The molecule has 1 rings (SSSR count). The first kappa shape index (κ1) is 15.0. The molecule has 0 aromatic heterocycles. The molecule has 0 radical (unpaired) electrons. The van der Waals surface area contributed by atoms with E-state index in [0.717, 1.165) is 12.8 Å². The molecule has 4 nitrogen and oxygen atoms in total. The zero-order chi connectivity index (χ0) is 13.9. The highest BCUT2D eigenvalue weighted by molar-refractivity contribution is 5.85. The highest BCUT2D eigenvalue weighted by Gasteiger charge is 2.36. The Hall–Kier alpha value is -1.06. The monoisotopic (exact) mass is 255 g/mol. The van der Waals surface area contributed by atoms with Crippen LogP contribution in [0.2, 0.25) is 0 Å². The first-order valence-corrected chi connectivity index (χ1v) is 6.73. The van der Waals surface area contributed by atoms with E-state index >= 15 is 0 Å². The normalized spacial score (nSPS) is 20.3. The van der Waals surface area contributed by atoms with E-state index in [1.54, 1.807) is 4.90 Å². The number of ether oxygens (including phenoxy) is 1. The molecule has 0 bridgehead atoms. The van der Waals surface area contributed by atoms with Crippen LogP contribution in [0.4, 0.5) is 0 Å². The SMILES string of the molecule is CC(C)CC(=O)N1CCC[C@H]1C(=O)OC(C)(C)C. The summed E-state index contributed by atoms with van der Waals surface area (Å²) in [6, 6.07) is -0.379. The summed E-state index contributed by atoms with van der Waals surface area (Å²) in [5.41, 5.74) is -0.494. The van der Waals surface area contributed by atoms with Gasteiger partial charge in [0, 0.05) is 13.0 Å². The Morgan fingerprint density at radius 3 is 2.44 bits per heavy atom. The van der Waals surface area contributed by atoms with Gasteiger partial charge in [0.1, 0.15) is 11.6 Å². The minimum atomic E-state index is -0.494. The number of likely N-dealkylation sites (tertiary alicyclic amines) is 1. The zero-order valence-electron chi connectivity index (χ0n) is 12.2. The predicted octanol–water partition coefficient (Wildman–Crippen LogP) is 2.37. The number of carbonyl (C=O) groups is 2. The lowest BCUT2D eigenvalue weighted by atomic mass is 10.1. The molecule has 0 aliphatic carbocycles. The predicted molar refractivity (Wildman–Crippen MR) is 70.0 cm³/mol. The quantitative estimate of drug-likeness (QED) is 0.727. The van der Waals surface area contributed by atoms with Crippen LogP contribution >= 0.6 is 0 Å². The fraction of sp³-hybridized carbons (Fsp3) is 0.857. The van der Waals surface area contributed by atoms with Crippen LogP contribution in [0.15, 0.2) is 0 Å². The van der Waals surface area contributed by atoms with Gasteiger partial charge in [-0.1, -0.05) is 13.8 Å². The summed E-state index contributed by atoms with van der Waals surface area (Å²) in [6.07, 6.45) is 2.10. The van der Waals surface area contributed by atoms with Crippen LogP contribution in [0.25, 0.3) is 0 Å². The van der Waals surface area contributed by atoms with Gasteiger partial charge in [-0.15, -0.1) is 0 Å². The molecule has 0 aromatic rings. The van der Waals surface area contributed by atoms with E-state index in [4.69, 9.17) is 4.74 Å². The molecular weight excluding hydrogens is 230 g/mol. The maximum absolute atomic E-state index is 12.1. The van der Waals surface area contributed by atoms with Crippen LogP contribution in [0.1, 0.15) is 53.9 Å². The Morgan fingerprint density at radius 2 is 1.94 bits per heavy atom. The molecule has 18 heavy (non-hydrogen) atoms. The second-order valence-electron chi connectivity index (χ2n) is 6.38. The van der Waals surface area contributed by atoms with Gasteiger partial charge in [-0.2, -0.15) is 0 Å². The third-order valence-electron chi connectivity index (χ3n) is 2.83. The van der Waals surface area contributed by atoms with Crippen molar-refractivity contribution in [3.8, 4) is 0 Å². The van der Waals surface area contributed by atoms with E-state index < -0.39 is 5.60 Å². The Balaban J connectivity index is 2.64. The molecule has 1 saturated heterocycles. The molecule has 1 atom stereocenters. The summed E-state index contributed by atoms with van der Waals surface area (Å²) in [6.45, 7) is 10.2. The van der Waals surface area contributed by atoms with E-state index in [2.05, 4.69) is 0 Å². The molecule has 0 unspecified atom stereocenters. The molecule has 4 heteroatoms. The van der Waals surface area contributed by atoms with Gasteiger partial charge in [0.2, 0.25) is 5.91 Å². The Morgan fingerprint density at radius 1 is 1.33 bits per heavy atom. The molecule has 1 heterocycles. The van der Waals surface area contributed by atoms with E-state index in [1.165, 1.54) is 0 Å². The van der Waals surface area contributed by atoms with Gasteiger partial charge >= 0.3 is 5.97 Å². The standard InChI is InChI=1S/C14H25NO3/c1-10(2)9-12(16)15-8-6-7-11(15)13(17)18-14(3,4)5/h10-11H,6-9H2,1-5H3/t11-/m0/s1. The number of carbonyl (C=O) groups excluding carboxylic acids is 2. The molecule has 0 aromatic carbocycles. The lowest BCUT2D eigenvalue weighted by molar-refractivity contribution is -0.163. The van der Waals surface area contributed by atoms with Crippen molar-refractivity contribution in [1.82, 2.24) is 4.90 Å². The molecule has 1 aliphatic rings. The molecule has 104 valence electrons. The van der Waals surface area contributed by atoms with Crippen molar-refractivity contribution >= 4 is 11.9 Å². The molecule has 0 saturated carbocycles. The molecule has 1 aliphatic heterocycles. The highest BCUT2D eigenvalue weighted by Crippen LogP contribution is 2.22. The number of amides is 1. The van der Waals surface area contributed by atoms with Crippen molar-refractivity contribution in [3.63, 3.8) is 0 Å². The van der Waals surface area contributed by atoms with Gasteiger partial charge in [-0.25, -0.2) is 4.79 Å². The van der Waals surface area contributed by atoms with Crippen molar-refractivity contribution < 1.29 is 14.3 Å². The van der Waals surface area contributed by atoms with E-state index in [0.29, 0.717) is 18.9 Å². The topological polar surface area (TPSA) is 46.6 Å². The Kier molecular flexibility index (Phi) is 4.77. The van der Waals surface area contributed by atoms with Crippen molar-refractivity contribution in [2.24, 2.45) is 5.92 Å². The van der Waals surface area contributed by atoms with Crippen molar-refractivity contribution in [2.75, 3.05) is 6.54 Å². The summed E-state index contributed by atoms with van der Waals surface area (Å²) in [5, 5.41) is 0. The number of nitrogens with zero attached hydrogens (tertiary/aromatic N) is 1. The molecule has 1 amide bonds. The van der Waals surface area contributed by atoms with E-state index in [9.17, 15) is 9.59 Å². The maximum atomic E-state index is 12.1. The van der Waals surface area contributed by atoms with Crippen molar-refractivity contribution in [2.45, 2.75) is 65.5 Å². The number of hydrogen-bond donors (Lipinski definition) is 0. The second kappa shape index (κ2) is 5.72. The van der Waals surface area contributed by atoms with E-state index in [1.807, 2.05) is 34.6 Å².